The average molecular weight is 279 g/mol. The first-order valence-electron chi connectivity index (χ1n) is 7.01. The van der Waals surface area contributed by atoms with Crippen LogP contribution in [0.4, 0.5) is 0 Å². The van der Waals surface area contributed by atoms with Crippen molar-refractivity contribution in [3.8, 4) is 0 Å². The van der Waals surface area contributed by atoms with Gasteiger partial charge in [-0.15, -0.1) is 0 Å². The Morgan fingerprint density at radius 2 is 2.16 bits per heavy atom. The van der Waals surface area contributed by atoms with Crippen molar-refractivity contribution in [1.82, 2.24) is 10.6 Å². The zero-order chi connectivity index (χ0) is 13.2. The van der Waals surface area contributed by atoms with E-state index in [1.165, 1.54) is 24.0 Å². The van der Waals surface area contributed by atoms with Crippen LogP contribution in [0.2, 0.25) is 5.02 Å². The second-order valence-corrected chi connectivity index (χ2v) is 6.01. The molecule has 1 saturated carbocycles. The van der Waals surface area contributed by atoms with Gasteiger partial charge in [0.15, 0.2) is 0 Å². The van der Waals surface area contributed by atoms with Crippen molar-refractivity contribution in [2.45, 2.75) is 31.7 Å². The standard InChI is InChI=1S/C15H19ClN2O/c16-12-4-5-13-11(7-12)3-6-14(13)18-15(19)9-17-8-10-1-2-10/h4-5,7,10,14,17H,1-3,6,8-9H2,(H,18,19). The topological polar surface area (TPSA) is 41.1 Å². The van der Waals surface area contributed by atoms with Crippen LogP contribution in [0.3, 0.4) is 0 Å². The van der Waals surface area contributed by atoms with E-state index in [9.17, 15) is 4.79 Å². The Morgan fingerprint density at radius 3 is 2.95 bits per heavy atom. The molecule has 0 saturated heterocycles. The molecule has 0 radical (unpaired) electrons. The van der Waals surface area contributed by atoms with Gasteiger partial charge in [0.2, 0.25) is 5.91 Å². The lowest BCUT2D eigenvalue weighted by atomic mass is 10.1. The number of benzene rings is 1. The van der Waals surface area contributed by atoms with Gasteiger partial charge in [-0.05, 0) is 61.4 Å². The van der Waals surface area contributed by atoms with Gasteiger partial charge < -0.3 is 10.6 Å². The van der Waals surface area contributed by atoms with E-state index in [4.69, 9.17) is 11.6 Å². The fourth-order valence-corrected chi connectivity index (χ4v) is 2.89. The Balaban J connectivity index is 1.52. The second kappa shape index (κ2) is 5.51. The molecule has 3 rings (SSSR count). The van der Waals surface area contributed by atoms with Crippen LogP contribution < -0.4 is 10.6 Å². The predicted molar refractivity (Wildman–Crippen MR) is 76.3 cm³/mol. The Morgan fingerprint density at radius 1 is 1.32 bits per heavy atom. The Kier molecular flexibility index (Phi) is 3.76. The monoisotopic (exact) mass is 278 g/mol. The third-order valence-electron chi connectivity index (χ3n) is 3.93. The van der Waals surface area contributed by atoms with E-state index in [2.05, 4.69) is 10.6 Å². The lowest BCUT2D eigenvalue weighted by Gasteiger charge is -2.14. The predicted octanol–water partition coefficient (Wildman–Crippen LogP) is 2.44. The summed E-state index contributed by atoms with van der Waals surface area (Å²) < 4.78 is 0. The van der Waals surface area contributed by atoms with Crippen LogP contribution in [0.25, 0.3) is 0 Å². The van der Waals surface area contributed by atoms with Crippen LogP contribution in [0.1, 0.15) is 36.4 Å². The van der Waals surface area contributed by atoms with Crippen LogP contribution in [-0.2, 0) is 11.2 Å². The van der Waals surface area contributed by atoms with Crippen LogP contribution in [0.15, 0.2) is 18.2 Å². The highest BCUT2D eigenvalue weighted by Crippen LogP contribution is 2.32. The molecule has 1 aromatic rings. The quantitative estimate of drug-likeness (QED) is 0.869. The number of amides is 1. The number of rotatable bonds is 5. The minimum Gasteiger partial charge on any atom is -0.348 e. The molecule has 102 valence electrons. The molecule has 1 aromatic carbocycles. The Labute approximate surface area is 118 Å². The van der Waals surface area contributed by atoms with Gasteiger partial charge in [0.1, 0.15) is 0 Å². The number of hydrogen-bond donors (Lipinski definition) is 2. The summed E-state index contributed by atoms with van der Waals surface area (Å²) in [5, 5.41) is 7.10. The van der Waals surface area contributed by atoms with Gasteiger partial charge >= 0.3 is 0 Å². The lowest BCUT2D eigenvalue weighted by molar-refractivity contribution is -0.121. The van der Waals surface area contributed by atoms with E-state index in [0.717, 1.165) is 30.3 Å². The summed E-state index contributed by atoms with van der Waals surface area (Å²) >= 11 is 5.98. The highest BCUT2D eigenvalue weighted by Gasteiger charge is 2.24. The summed E-state index contributed by atoms with van der Waals surface area (Å²) in [5.74, 6) is 0.899. The van der Waals surface area contributed by atoms with Crippen molar-refractivity contribution in [2.24, 2.45) is 5.92 Å². The first-order chi connectivity index (χ1) is 9.22. The third kappa shape index (κ3) is 3.28. The minimum atomic E-state index is 0.0912. The molecule has 0 spiro atoms. The summed E-state index contributed by atoms with van der Waals surface area (Å²) in [7, 11) is 0. The van der Waals surface area contributed by atoms with Gasteiger partial charge in [-0.25, -0.2) is 0 Å². The third-order valence-corrected chi connectivity index (χ3v) is 4.17. The number of hydrogen-bond acceptors (Lipinski definition) is 2. The molecule has 1 fully saturated rings. The average Bonchev–Trinajstić information content (AvgIpc) is 3.12. The summed E-state index contributed by atoms with van der Waals surface area (Å²) in [6, 6.07) is 6.10. The van der Waals surface area contributed by atoms with Crippen LogP contribution in [-0.4, -0.2) is 19.0 Å². The lowest BCUT2D eigenvalue weighted by Crippen LogP contribution is -2.36. The van der Waals surface area contributed by atoms with E-state index in [1.54, 1.807) is 0 Å². The van der Waals surface area contributed by atoms with Crippen molar-refractivity contribution < 1.29 is 4.79 Å². The first-order valence-corrected chi connectivity index (χ1v) is 7.38. The molecule has 1 amide bonds. The molecular weight excluding hydrogens is 260 g/mol. The number of fused-ring (bicyclic) bond motifs is 1. The molecule has 0 aliphatic heterocycles. The highest BCUT2D eigenvalue weighted by atomic mass is 35.5. The van der Waals surface area contributed by atoms with E-state index in [1.807, 2.05) is 18.2 Å². The number of carbonyl (C=O) groups is 1. The van der Waals surface area contributed by atoms with Crippen LogP contribution in [0, 0.1) is 5.92 Å². The zero-order valence-corrected chi connectivity index (χ0v) is 11.7. The molecule has 1 atom stereocenters. The number of carbonyl (C=O) groups excluding carboxylic acids is 1. The maximum Gasteiger partial charge on any atom is 0.234 e. The maximum absolute atomic E-state index is 11.9. The molecule has 2 aliphatic carbocycles. The van der Waals surface area contributed by atoms with Crippen LogP contribution in [0.5, 0.6) is 0 Å². The van der Waals surface area contributed by atoms with E-state index < -0.39 is 0 Å². The highest BCUT2D eigenvalue weighted by molar-refractivity contribution is 6.30. The second-order valence-electron chi connectivity index (χ2n) is 5.58. The van der Waals surface area contributed by atoms with Gasteiger partial charge in [-0.3, -0.25) is 4.79 Å². The van der Waals surface area contributed by atoms with Crippen molar-refractivity contribution >= 4 is 17.5 Å². The minimum absolute atomic E-state index is 0.0912. The number of nitrogens with one attached hydrogen (secondary N) is 2. The smallest absolute Gasteiger partial charge is 0.234 e. The zero-order valence-electron chi connectivity index (χ0n) is 10.9. The first kappa shape index (κ1) is 12.9. The Hall–Kier alpha value is -1.06. The maximum atomic E-state index is 11.9. The van der Waals surface area contributed by atoms with E-state index in [-0.39, 0.29) is 11.9 Å². The van der Waals surface area contributed by atoms with Gasteiger partial charge in [0, 0.05) is 5.02 Å². The van der Waals surface area contributed by atoms with Crippen molar-refractivity contribution in [1.29, 1.82) is 0 Å². The van der Waals surface area contributed by atoms with Crippen molar-refractivity contribution in [2.75, 3.05) is 13.1 Å². The molecule has 0 aromatic heterocycles. The fourth-order valence-electron chi connectivity index (χ4n) is 2.69. The number of halogens is 1. The molecule has 3 nitrogen and oxygen atoms in total. The SMILES string of the molecule is O=C(CNCC1CC1)NC1CCc2cc(Cl)ccc21. The van der Waals surface area contributed by atoms with Gasteiger partial charge in [-0.1, -0.05) is 17.7 Å². The molecule has 1 unspecified atom stereocenters. The molecule has 4 heteroatoms. The van der Waals surface area contributed by atoms with E-state index in [0.29, 0.717) is 6.54 Å². The Bertz CT molecular complexity index is 485. The molecule has 0 bridgehead atoms. The van der Waals surface area contributed by atoms with Gasteiger partial charge in [0.25, 0.3) is 0 Å². The van der Waals surface area contributed by atoms with Crippen molar-refractivity contribution in [3.05, 3.63) is 34.3 Å². The molecule has 19 heavy (non-hydrogen) atoms. The summed E-state index contributed by atoms with van der Waals surface area (Å²) in [6.45, 7) is 1.40. The summed E-state index contributed by atoms with van der Waals surface area (Å²) in [5.41, 5.74) is 2.49. The van der Waals surface area contributed by atoms with E-state index >= 15 is 0 Å². The fraction of sp³-hybridized carbons (Fsp3) is 0.533. The summed E-state index contributed by atoms with van der Waals surface area (Å²) in [6.07, 6.45) is 4.59. The van der Waals surface area contributed by atoms with Crippen LogP contribution >= 0.6 is 11.6 Å². The largest absolute Gasteiger partial charge is 0.348 e. The van der Waals surface area contributed by atoms with Gasteiger partial charge in [0.05, 0.1) is 12.6 Å². The van der Waals surface area contributed by atoms with Crippen molar-refractivity contribution in [3.63, 3.8) is 0 Å². The molecule has 2 aliphatic rings. The number of aryl methyl sites for hydroxylation is 1. The molecular formula is C15H19ClN2O. The van der Waals surface area contributed by atoms with Gasteiger partial charge in [-0.2, -0.15) is 0 Å². The normalized spacial score (nSPS) is 21.2. The molecule has 2 N–H and O–H groups in total. The molecule has 0 heterocycles. The summed E-state index contributed by atoms with van der Waals surface area (Å²) in [4.78, 5) is 11.9.